The zero-order chi connectivity index (χ0) is 14.0. The van der Waals surface area contributed by atoms with Gasteiger partial charge in [-0.25, -0.2) is 9.59 Å². The minimum Gasteiger partial charge on any atom is -0.508 e. The highest BCUT2D eigenvalue weighted by atomic mass is 16.5. The van der Waals surface area contributed by atoms with Gasteiger partial charge in [-0.1, -0.05) is 12.1 Å². The second-order valence-electron chi connectivity index (χ2n) is 4.16. The Bertz CT molecular complexity index is 566. The van der Waals surface area contributed by atoms with Crippen LogP contribution < -0.4 is 10.6 Å². The minimum absolute atomic E-state index is 0.0622. The molecule has 6 heteroatoms. The van der Waals surface area contributed by atoms with Gasteiger partial charge in [-0.2, -0.15) is 0 Å². The van der Waals surface area contributed by atoms with E-state index in [1.54, 1.807) is 19.1 Å². The highest BCUT2D eigenvalue weighted by Crippen LogP contribution is 2.28. The molecule has 1 atom stereocenters. The first kappa shape index (κ1) is 12.9. The number of phenols is 1. The number of nitrogens with one attached hydrogen (secondary N) is 2. The highest BCUT2D eigenvalue weighted by Gasteiger charge is 2.31. The standard InChI is InChI=1S/C13H14N2O4/c1-7-10(12(17)19-2)11(15-13(18)14-7)8-4-3-5-9(16)6-8/h3-6,11,16H,1-2H3,(H2,14,15,18)/t11-/m0/s1. The van der Waals surface area contributed by atoms with Crippen molar-refractivity contribution < 1.29 is 19.4 Å². The zero-order valence-electron chi connectivity index (χ0n) is 10.6. The van der Waals surface area contributed by atoms with Crippen molar-refractivity contribution >= 4 is 12.0 Å². The number of methoxy groups -OCH3 is 1. The molecule has 0 bridgehead atoms. The third kappa shape index (κ3) is 2.52. The van der Waals surface area contributed by atoms with Crippen LogP contribution in [-0.4, -0.2) is 24.2 Å². The molecule has 2 amide bonds. The number of phenolic OH excluding ortho intramolecular Hbond substituents is 1. The summed E-state index contributed by atoms with van der Waals surface area (Å²) in [5, 5.41) is 14.7. The van der Waals surface area contributed by atoms with Gasteiger partial charge in [0.15, 0.2) is 0 Å². The van der Waals surface area contributed by atoms with Gasteiger partial charge in [0.2, 0.25) is 0 Å². The van der Waals surface area contributed by atoms with E-state index in [2.05, 4.69) is 10.6 Å². The van der Waals surface area contributed by atoms with Gasteiger partial charge >= 0.3 is 12.0 Å². The van der Waals surface area contributed by atoms with Gasteiger partial charge in [0, 0.05) is 5.70 Å². The lowest BCUT2D eigenvalue weighted by molar-refractivity contribution is -0.136. The molecule has 19 heavy (non-hydrogen) atoms. The Balaban J connectivity index is 2.49. The van der Waals surface area contributed by atoms with Gasteiger partial charge in [-0.15, -0.1) is 0 Å². The second kappa shape index (κ2) is 5.01. The van der Waals surface area contributed by atoms with Gasteiger partial charge in [0.25, 0.3) is 0 Å². The predicted molar refractivity (Wildman–Crippen MR) is 67.2 cm³/mol. The number of aromatic hydroxyl groups is 1. The molecule has 0 saturated heterocycles. The van der Waals surface area contributed by atoms with E-state index in [-0.39, 0.29) is 5.75 Å². The normalized spacial score (nSPS) is 18.6. The van der Waals surface area contributed by atoms with Crippen molar-refractivity contribution in [2.75, 3.05) is 7.11 Å². The van der Waals surface area contributed by atoms with Crippen molar-refractivity contribution in [3.05, 3.63) is 41.1 Å². The molecule has 1 aromatic rings. The van der Waals surface area contributed by atoms with Crippen LogP contribution in [0, 0.1) is 0 Å². The molecular weight excluding hydrogens is 248 g/mol. The molecule has 0 aliphatic carbocycles. The van der Waals surface area contributed by atoms with Gasteiger partial charge in [0.1, 0.15) is 5.75 Å². The fourth-order valence-electron chi connectivity index (χ4n) is 2.03. The molecule has 1 aliphatic heterocycles. The van der Waals surface area contributed by atoms with Crippen LogP contribution in [0.2, 0.25) is 0 Å². The summed E-state index contributed by atoms with van der Waals surface area (Å²) in [4.78, 5) is 23.3. The van der Waals surface area contributed by atoms with E-state index in [1.165, 1.54) is 19.2 Å². The summed E-state index contributed by atoms with van der Waals surface area (Å²) < 4.78 is 4.73. The van der Waals surface area contributed by atoms with Gasteiger partial charge in [-0.05, 0) is 24.6 Å². The minimum atomic E-state index is -0.645. The highest BCUT2D eigenvalue weighted by molar-refractivity contribution is 5.94. The fraction of sp³-hybridized carbons (Fsp3) is 0.231. The lowest BCUT2D eigenvalue weighted by atomic mass is 9.95. The molecule has 0 unspecified atom stereocenters. The third-order valence-corrected chi connectivity index (χ3v) is 2.88. The topological polar surface area (TPSA) is 87.7 Å². The SMILES string of the molecule is COC(=O)C1=C(C)NC(=O)N[C@H]1c1cccc(O)c1. The van der Waals surface area contributed by atoms with Crippen LogP contribution in [0.4, 0.5) is 4.79 Å². The summed E-state index contributed by atoms with van der Waals surface area (Å²) in [5.41, 5.74) is 1.35. The molecule has 0 saturated carbocycles. The van der Waals surface area contributed by atoms with Crippen molar-refractivity contribution in [2.45, 2.75) is 13.0 Å². The first-order valence-electron chi connectivity index (χ1n) is 5.68. The Hall–Kier alpha value is -2.50. The van der Waals surface area contributed by atoms with E-state index in [0.29, 0.717) is 16.8 Å². The second-order valence-corrected chi connectivity index (χ2v) is 4.16. The number of benzene rings is 1. The van der Waals surface area contributed by atoms with E-state index in [0.717, 1.165) is 0 Å². The number of hydrogen-bond donors (Lipinski definition) is 3. The van der Waals surface area contributed by atoms with Crippen LogP contribution in [0.3, 0.4) is 0 Å². The summed E-state index contributed by atoms with van der Waals surface area (Å²) in [6.45, 7) is 1.63. The van der Waals surface area contributed by atoms with Crippen molar-refractivity contribution in [1.82, 2.24) is 10.6 Å². The van der Waals surface area contributed by atoms with E-state index in [1.807, 2.05) is 0 Å². The van der Waals surface area contributed by atoms with Crippen LogP contribution in [-0.2, 0) is 9.53 Å². The molecule has 0 spiro atoms. The fourth-order valence-corrected chi connectivity index (χ4v) is 2.03. The Morgan fingerprint density at radius 3 is 2.79 bits per heavy atom. The quantitative estimate of drug-likeness (QED) is 0.699. The van der Waals surface area contributed by atoms with Crippen LogP contribution in [0.1, 0.15) is 18.5 Å². The molecule has 100 valence electrons. The van der Waals surface area contributed by atoms with Crippen molar-refractivity contribution in [3.8, 4) is 5.75 Å². The smallest absolute Gasteiger partial charge is 0.337 e. The van der Waals surface area contributed by atoms with Crippen LogP contribution in [0.15, 0.2) is 35.5 Å². The molecule has 6 nitrogen and oxygen atoms in total. The molecule has 1 heterocycles. The number of carbonyl (C=O) groups excluding carboxylic acids is 2. The molecule has 2 rings (SSSR count). The first-order valence-corrected chi connectivity index (χ1v) is 5.68. The summed E-state index contributed by atoms with van der Waals surface area (Å²) in [7, 11) is 1.28. The maximum Gasteiger partial charge on any atom is 0.337 e. The lowest BCUT2D eigenvalue weighted by Crippen LogP contribution is -2.45. The first-order chi connectivity index (χ1) is 9.02. The number of ether oxygens (including phenoxy) is 1. The molecule has 3 N–H and O–H groups in total. The number of allylic oxidation sites excluding steroid dienone is 1. The lowest BCUT2D eigenvalue weighted by Gasteiger charge is -2.27. The average molecular weight is 262 g/mol. The summed E-state index contributed by atoms with van der Waals surface area (Å²) in [5.74, 6) is -0.467. The third-order valence-electron chi connectivity index (χ3n) is 2.88. The number of amides is 2. The van der Waals surface area contributed by atoms with E-state index < -0.39 is 18.0 Å². The maximum atomic E-state index is 11.8. The summed E-state index contributed by atoms with van der Waals surface area (Å²) in [6.07, 6.45) is 0. The van der Waals surface area contributed by atoms with E-state index in [4.69, 9.17) is 4.74 Å². The molecular formula is C13H14N2O4. The number of carbonyl (C=O) groups is 2. The van der Waals surface area contributed by atoms with E-state index in [9.17, 15) is 14.7 Å². The number of hydrogen-bond acceptors (Lipinski definition) is 4. The monoisotopic (exact) mass is 262 g/mol. The average Bonchev–Trinajstić information content (AvgIpc) is 2.37. The van der Waals surface area contributed by atoms with Gasteiger partial charge < -0.3 is 20.5 Å². The summed E-state index contributed by atoms with van der Waals surface area (Å²) in [6, 6.07) is 5.31. The van der Waals surface area contributed by atoms with E-state index >= 15 is 0 Å². The maximum absolute atomic E-state index is 11.8. The number of esters is 1. The van der Waals surface area contributed by atoms with Gasteiger partial charge in [-0.3, -0.25) is 0 Å². The van der Waals surface area contributed by atoms with Crippen LogP contribution in [0.5, 0.6) is 5.75 Å². The predicted octanol–water partition coefficient (Wildman–Crippen LogP) is 1.19. The van der Waals surface area contributed by atoms with Crippen molar-refractivity contribution in [2.24, 2.45) is 0 Å². The van der Waals surface area contributed by atoms with Crippen LogP contribution >= 0.6 is 0 Å². The number of urea groups is 1. The molecule has 1 aliphatic rings. The zero-order valence-corrected chi connectivity index (χ0v) is 10.6. The molecule has 0 fully saturated rings. The largest absolute Gasteiger partial charge is 0.508 e. The Morgan fingerprint density at radius 2 is 2.16 bits per heavy atom. The summed E-state index contributed by atoms with van der Waals surface area (Å²) >= 11 is 0. The Labute approximate surface area is 110 Å². The molecule has 1 aromatic carbocycles. The van der Waals surface area contributed by atoms with Crippen molar-refractivity contribution in [3.63, 3.8) is 0 Å². The van der Waals surface area contributed by atoms with Crippen molar-refractivity contribution in [1.29, 1.82) is 0 Å². The number of rotatable bonds is 2. The molecule has 0 radical (unpaired) electrons. The van der Waals surface area contributed by atoms with Gasteiger partial charge in [0.05, 0.1) is 18.7 Å². The Kier molecular flexibility index (Phi) is 3.41. The van der Waals surface area contributed by atoms with Crippen LogP contribution in [0.25, 0.3) is 0 Å². The Morgan fingerprint density at radius 1 is 1.42 bits per heavy atom. The molecule has 0 aromatic heterocycles.